The molecule has 1 amide bonds. The molecule has 3 heterocycles. The number of rotatable bonds is 6. The summed E-state index contributed by atoms with van der Waals surface area (Å²) in [6, 6.07) is 11.4. The highest BCUT2D eigenvalue weighted by molar-refractivity contribution is 5.95. The molecule has 0 fully saturated rings. The van der Waals surface area contributed by atoms with E-state index < -0.39 is 5.82 Å². The quantitative estimate of drug-likeness (QED) is 0.488. The van der Waals surface area contributed by atoms with Crippen LogP contribution in [0.3, 0.4) is 0 Å². The molecule has 4 aromatic rings. The zero-order valence-electron chi connectivity index (χ0n) is 15.4. The molecule has 0 unspecified atom stereocenters. The van der Waals surface area contributed by atoms with Crippen LogP contribution in [0.4, 0.5) is 10.3 Å². The minimum atomic E-state index is -0.528. The Labute approximate surface area is 165 Å². The number of anilines is 1. The van der Waals surface area contributed by atoms with Gasteiger partial charge in [-0.1, -0.05) is 6.07 Å². The molecule has 0 bridgehead atoms. The number of aryl methyl sites for hydroxylation is 1. The van der Waals surface area contributed by atoms with Crippen molar-refractivity contribution in [3.05, 3.63) is 72.1 Å². The van der Waals surface area contributed by atoms with Gasteiger partial charge in [-0.3, -0.25) is 9.20 Å². The molecule has 3 N–H and O–H groups in total. The number of nitrogen functional groups attached to an aromatic ring is 1. The van der Waals surface area contributed by atoms with Crippen LogP contribution in [0.1, 0.15) is 22.6 Å². The predicted octanol–water partition coefficient (Wildman–Crippen LogP) is 2.27. The number of halogens is 1. The number of amides is 1. The van der Waals surface area contributed by atoms with Crippen LogP contribution >= 0.6 is 0 Å². The molecule has 8 nitrogen and oxygen atoms in total. The Bertz CT molecular complexity index is 1170. The van der Waals surface area contributed by atoms with E-state index in [4.69, 9.17) is 5.73 Å². The van der Waals surface area contributed by atoms with E-state index in [1.807, 2.05) is 28.8 Å². The highest BCUT2D eigenvalue weighted by atomic mass is 19.1. The number of carbonyl (C=O) groups is 1. The Balaban J connectivity index is 1.39. The number of fused-ring (bicyclic) bond motifs is 1. The summed E-state index contributed by atoms with van der Waals surface area (Å²) in [4.78, 5) is 20.3. The minimum absolute atomic E-state index is 0.0822. The monoisotopic (exact) mass is 391 g/mol. The van der Waals surface area contributed by atoms with E-state index in [0.29, 0.717) is 30.6 Å². The number of nitrogens with zero attached hydrogens (tertiary/aromatic N) is 5. The first-order valence-corrected chi connectivity index (χ1v) is 9.06. The summed E-state index contributed by atoms with van der Waals surface area (Å²) < 4.78 is 15.9. The maximum atomic E-state index is 14.0. The van der Waals surface area contributed by atoms with Crippen molar-refractivity contribution in [2.75, 3.05) is 12.3 Å². The number of benzene rings is 1. The highest BCUT2D eigenvalue weighted by Crippen LogP contribution is 2.20. The fourth-order valence-electron chi connectivity index (χ4n) is 3.02. The van der Waals surface area contributed by atoms with Crippen molar-refractivity contribution in [1.29, 1.82) is 0 Å². The molecular formula is C20H18FN7O. The second-order valence-corrected chi connectivity index (χ2v) is 6.43. The van der Waals surface area contributed by atoms with Crippen molar-refractivity contribution in [2.45, 2.75) is 12.8 Å². The number of pyridine rings is 1. The van der Waals surface area contributed by atoms with Gasteiger partial charge in [-0.05, 0) is 42.8 Å². The van der Waals surface area contributed by atoms with Crippen LogP contribution in [0.25, 0.3) is 16.9 Å². The van der Waals surface area contributed by atoms with Crippen LogP contribution in [-0.2, 0) is 6.42 Å². The Hall–Kier alpha value is -3.88. The Morgan fingerprint density at radius 1 is 1.17 bits per heavy atom. The van der Waals surface area contributed by atoms with Crippen molar-refractivity contribution in [3.63, 3.8) is 0 Å². The molecule has 4 rings (SSSR count). The number of hydrogen-bond donors (Lipinski definition) is 2. The number of nitrogens with one attached hydrogen (secondary N) is 1. The molecule has 0 aliphatic rings. The maximum Gasteiger partial charge on any atom is 0.251 e. The van der Waals surface area contributed by atoms with E-state index in [9.17, 15) is 9.18 Å². The topological polar surface area (TPSA) is 111 Å². The van der Waals surface area contributed by atoms with E-state index in [-0.39, 0.29) is 17.4 Å². The van der Waals surface area contributed by atoms with Crippen LogP contribution in [0.15, 0.2) is 54.9 Å². The zero-order valence-corrected chi connectivity index (χ0v) is 15.4. The summed E-state index contributed by atoms with van der Waals surface area (Å²) >= 11 is 0. The normalized spacial score (nSPS) is 10.9. The summed E-state index contributed by atoms with van der Waals surface area (Å²) in [5.74, 6) is 0.0154. The third-order valence-electron chi connectivity index (χ3n) is 4.38. The maximum absolute atomic E-state index is 14.0. The van der Waals surface area contributed by atoms with Gasteiger partial charge < -0.3 is 11.1 Å². The average molecular weight is 391 g/mol. The predicted molar refractivity (Wildman–Crippen MR) is 105 cm³/mol. The third-order valence-corrected chi connectivity index (χ3v) is 4.38. The van der Waals surface area contributed by atoms with Crippen molar-refractivity contribution >= 4 is 17.5 Å². The molecular weight excluding hydrogens is 373 g/mol. The lowest BCUT2D eigenvalue weighted by Crippen LogP contribution is -2.25. The van der Waals surface area contributed by atoms with Crippen molar-refractivity contribution in [1.82, 2.24) is 29.9 Å². The van der Waals surface area contributed by atoms with Crippen LogP contribution < -0.4 is 11.1 Å². The Morgan fingerprint density at radius 3 is 2.93 bits per heavy atom. The smallest absolute Gasteiger partial charge is 0.251 e. The molecule has 9 heteroatoms. The SMILES string of the molecule is Nc1nccc(-c2cc(F)cc(C(=O)NCCCc3nnc4ccccn34)c2)n1. The average Bonchev–Trinajstić information content (AvgIpc) is 3.14. The van der Waals surface area contributed by atoms with Gasteiger partial charge in [0.2, 0.25) is 5.95 Å². The third kappa shape index (κ3) is 4.18. The second kappa shape index (κ2) is 8.01. The van der Waals surface area contributed by atoms with Crippen LogP contribution in [0.5, 0.6) is 0 Å². The zero-order chi connectivity index (χ0) is 20.2. The van der Waals surface area contributed by atoms with Crippen LogP contribution in [-0.4, -0.2) is 37.0 Å². The molecule has 0 aliphatic heterocycles. The molecule has 0 saturated carbocycles. The molecule has 146 valence electrons. The van der Waals surface area contributed by atoms with E-state index in [1.54, 1.807) is 12.1 Å². The lowest BCUT2D eigenvalue weighted by Gasteiger charge is -2.08. The number of hydrogen-bond acceptors (Lipinski definition) is 6. The summed E-state index contributed by atoms with van der Waals surface area (Å²) in [7, 11) is 0. The lowest BCUT2D eigenvalue weighted by molar-refractivity contribution is 0.0952. The first-order valence-electron chi connectivity index (χ1n) is 9.06. The summed E-state index contributed by atoms with van der Waals surface area (Å²) in [6.07, 6.45) is 4.71. The van der Waals surface area contributed by atoms with Gasteiger partial charge in [0, 0.05) is 36.5 Å². The Morgan fingerprint density at radius 2 is 2.07 bits per heavy atom. The molecule has 0 radical (unpaired) electrons. The summed E-state index contributed by atoms with van der Waals surface area (Å²) in [5, 5.41) is 11.1. The fourth-order valence-corrected chi connectivity index (χ4v) is 3.02. The highest BCUT2D eigenvalue weighted by Gasteiger charge is 2.11. The molecule has 1 aromatic carbocycles. The van der Waals surface area contributed by atoms with E-state index >= 15 is 0 Å². The van der Waals surface area contributed by atoms with E-state index in [0.717, 1.165) is 11.5 Å². The van der Waals surface area contributed by atoms with Crippen molar-refractivity contribution in [2.24, 2.45) is 0 Å². The first-order chi connectivity index (χ1) is 14.1. The fraction of sp³-hybridized carbons (Fsp3) is 0.150. The van der Waals surface area contributed by atoms with Gasteiger partial charge in [-0.25, -0.2) is 14.4 Å². The van der Waals surface area contributed by atoms with Gasteiger partial charge in [0.05, 0.1) is 5.69 Å². The van der Waals surface area contributed by atoms with Gasteiger partial charge in [-0.15, -0.1) is 10.2 Å². The largest absolute Gasteiger partial charge is 0.368 e. The molecule has 0 saturated heterocycles. The van der Waals surface area contributed by atoms with Crippen molar-refractivity contribution in [3.8, 4) is 11.3 Å². The number of carbonyl (C=O) groups excluding carboxylic acids is 1. The number of nitrogens with two attached hydrogens (primary N) is 1. The second-order valence-electron chi connectivity index (χ2n) is 6.43. The van der Waals surface area contributed by atoms with Gasteiger partial charge >= 0.3 is 0 Å². The molecule has 3 aromatic heterocycles. The van der Waals surface area contributed by atoms with Gasteiger partial charge in [-0.2, -0.15) is 0 Å². The molecule has 0 atom stereocenters. The van der Waals surface area contributed by atoms with E-state index in [2.05, 4.69) is 25.5 Å². The molecule has 29 heavy (non-hydrogen) atoms. The summed E-state index contributed by atoms with van der Waals surface area (Å²) in [6.45, 7) is 0.423. The van der Waals surface area contributed by atoms with Gasteiger partial charge in [0.25, 0.3) is 5.91 Å². The van der Waals surface area contributed by atoms with Crippen LogP contribution in [0, 0.1) is 5.82 Å². The standard InChI is InChI=1S/C20H18FN7O/c21-15-11-13(16-6-8-24-20(22)25-16)10-14(12-15)19(29)23-7-3-5-18-27-26-17-4-1-2-9-28(17)18/h1-2,4,6,8-12H,3,5,7H2,(H,23,29)(H2,22,24,25). The Kier molecular flexibility index (Phi) is 5.10. The van der Waals surface area contributed by atoms with Gasteiger partial charge in [0.15, 0.2) is 5.65 Å². The number of aromatic nitrogens is 5. The summed E-state index contributed by atoms with van der Waals surface area (Å²) in [5.41, 5.74) is 7.48. The molecule has 0 aliphatic carbocycles. The van der Waals surface area contributed by atoms with E-state index in [1.165, 1.54) is 18.3 Å². The van der Waals surface area contributed by atoms with Crippen molar-refractivity contribution < 1.29 is 9.18 Å². The van der Waals surface area contributed by atoms with Gasteiger partial charge in [0.1, 0.15) is 11.6 Å². The lowest BCUT2D eigenvalue weighted by atomic mass is 10.1. The first kappa shape index (κ1) is 18.5. The molecule has 0 spiro atoms. The van der Waals surface area contributed by atoms with Crippen LogP contribution in [0.2, 0.25) is 0 Å². The minimum Gasteiger partial charge on any atom is -0.368 e.